The quantitative estimate of drug-likeness (QED) is 0.567. The number of thioether (sulfide) groups is 1. The van der Waals surface area contributed by atoms with Crippen molar-refractivity contribution in [1.82, 2.24) is 15.0 Å². The third-order valence-corrected chi connectivity index (χ3v) is 5.54. The number of carboxylic acid groups (broad SMARTS) is 1. The molecule has 0 radical (unpaired) electrons. The van der Waals surface area contributed by atoms with Gasteiger partial charge in [-0.15, -0.1) is 11.8 Å². The van der Waals surface area contributed by atoms with Crippen molar-refractivity contribution < 1.29 is 19.1 Å². The number of carbonyl (C=O) groups excluding carboxylic acids is 1. The van der Waals surface area contributed by atoms with Gasteiger partial charge in [0, 0.05) is 39.4 Å². The minimum atomic E-state index is -0.424. The van der Waals surface area contributed by atoms with Crippen LogP contribution in [0.3, 0.4) is 0 Å². The van der Waals surface area contributed by atoms with E-state index in [4.69, 9.17) is 25.9 Å². The predicted octanol–water partition coefficient (Wildman–Crippen LogP) is 4.52. The molecule has 1 amide bonds. The van der Waals surface area contributed by atoms with Gasteiger partial charge in [0.25, 0.3) is 12.4 Å². The Hall–Kier alpha value is -2.91. The van der Waals surface area contributed by atoms with Gasteiger partial charge in [0.2, 0.25) is 11.7 Å². The first-order valence-electron chi connectivity index (χ1n) is 8.50. The maximum absolute atomic E-state index is 12.4. The first-order valence-corrected chi connectivity index (χ1v) is 9.76. The predicted molar refractivity (Wildman–Crippen MR) is 109 cm³/mol. The summed E-state index contributed by atoms with van der Waals surface area (Å²) in [5.41, 5.74) is 3.26. The minimum Gasteiger partial charge on any atom is -0.483 e. The average Bonchev–Trinajstić information content (AvgIpc) is 3.01. The van der Waals surface area contributed by atoms with Crippen molar-refractivity contribution in [1.29, 1.82) is 0 Å². The van der Waals surface area contributed by atoms with Crippen LogP contribution < -0.4 is 5.32 Å². The Balaban J connectivity index is 0.000000755. The van der Waals surface area contributed by atoms with E-state index in [0.29, 0.717) is 16.6 Å². The fraction of sp³-hybridized carbons (Fsp3) is 0.211. The summed E-state index contributed by atoms with van der Waals surface area (Å²) in [6, 6.07) is 5.74. The van der Waals surface area contributed by atoms with Crippen LogP contribution >= 0.6 is 23.4 Å². The van der Waals surface area contributed by atoms with Gasteiger partial charge in [-0.1, -0.05) is 11.6 Å². The molecule has 0 saturated heterocycles. The Morgan fingerprint density at radius 1 is 1.34 bits per heavy atom. The summed E-state index contributed by atoms with van der Waals surface area (Å²) in [4.78, 5) is 34.9. The summed E-state index contributed by atoms with van der Waals surface area (Å²) in [7, 11) is 0. The molecule has 0 fully saturated rings. The van der Waals surface area contributed by atoms with Crippen LogP contribution in [-0.2, 0) is 4.79 Å². The lowest BCUT2D eigenvalue weighted by molar-refractivity contribution is -0.122. The zero-order chi connectivity index (χ0) is 21.1. The number of rotatable bonds is 2. The van der Waals surface area contributed by atoms with E-state index in [1.165, 1.54) is 0 Å². The highest BCUT2D eigenvalue weighted by Crippen LogP contribution is 2.48. The van der Waals surface area contributed by atoms with Crippen LogP contribution in [0.4, 0.5) is 5.95 Å². The first-order chi connectivity index (χ1) is 13.8. The van der Waals surface area contributed by atoms with E-state index in [-0.39, 0.29) is 23.4 Å². The number of carbonyl (C=O) groups is 2. The third kappa shape index (κ3) is 4.41. The highest BCUT2D eigenvalue weighted by molar-refractivity contribution is 7.99. The van der Waals surface area contributed by atoms with E-state index in [2.05, 4.69) is 27.2 Å². The third-order valence-electron chi connectivity index (χ3n) is 4.09. The van der Waals surface area contributed by atoms with E-state index in [1.54, 1.807) is 31.8 Å². The van der Waals surface area contributed by atoms with Crippen LogP contribution in [0.2, 0.25) is 5.02 Å². The molecule has 0 aliphatic carbocycles. The molecule has 1 aliphatic rings. The van der Waals surface area contributed by atoms with Crippen LogP contribution in [0.5, 0.6) is 0 Å². The van der Waals surface area contributed by atoms with E-state index < -0.39 is 5.91 Å². The number of halogens is 1. The molecule has 0 spiro atoms. The van der Waals surface area contributed by atoms with Gasteiger partial charge in [0.15, 0.2) is 5.89 Å². The van der Waals surface area contributed by atoms with Gasteiger partial charge in [0.05, 0.1) is 11.4 Å². The second-order valence-corrected chi connectivity index (χ2v) is 7.92. The lowest BCUT2D eigenvalue weighted by atomic mass is 10.0. The molecule has 4 rings (SSSR count). The molecular weight excluding hydrogens is 416 g/mol. The summed E-state index contributed by atoms with van der Waals surface area (Å²) in [5, 5.41) is 10.4. The average molecular weight is 433 g/mol. The molecule has 0 bridgehead atoms. The zero-order valence-electron chi connectivity index (χ0n) is 15.8. The lowest BCUT2D eigenvalue weighted by Crippen LogP contribution is -2.16. The van der Waals surface area contributed by atoms with Crippen molar-refractivity contribution in [3.63, 3.8) is 0 Å². The van der Waals surface area contributed by atoms with Gasteiger partial charge < -0.3 is 9.52 Å². The molecule has 3 heterocycles. The second kappa shape index (κ2) is 8.62. The number of fused-ring (bicyclic) bond motifs is 3. The fourth-order valence-electron chi connectivity index (χ4n) is 2.91. The second-order valence-electron chi connectivity index (χ2n) is 6.11. The summed E-state index contributed by atoms with van der Waals surface area (Å²) in [6.07, 6.45) is 1.75. The Morgan fingerprint density at radius 2 is 2.07 bits per heavy atom. The van der Waals surface area contributed by atoms with Crippen molar-refractivity contribution >= 4 is 41.7 Å². The molecule has 2 N–H and O–H groups in total. The number of oxazole rings is 1. The lowest BCUT2D eigenvalue weighted by Gasteiger charge is -2.23. The highest BCUT2D eigenvalue weighted by Gasteiger charge is 2.25. The maximum atomic E-state index is 12.4. The van der Waals surface area contributed by atoms with Crippen LogP contribution in [0.25, 0.3) is 11.3 Å². The largest absolute Gasteiger partial charge is 0.483 e. The van der Waals surface area contributed by atoms with Crippen molar-refractivity contribution in [2.75, 3.05) is 5.32 Å². The van der Waals surface area contributed by atoms with E-state index in [9.17, 15) is 4.79 Å². The summed E-state index contributed by atoms with van der Waals surface area (Å²) >= 11 is 7.90. The number of nitrogens with one attached hydrogen (secondary N) is 1. The van der Waals surface area contributed by atoms with Crippen molar-refractivity contribution in [3.05, 3.63) is 52.3 Å². The standard InChI is InChI=1S/C18H15ClN4O2S.CH2O2/c1-8-16(25-10(3)21-8)17(24)23-18-20-7-13-9(2)26-14-5-4-11(19)6-12(14)15(13)22-18;2-1-3/h4-7,9H,1-3H3,(H,20,22,23,24);1H,(H,2,3). The monoisotopic (exact) mass is 432 g/mol. The van der Waals surface area contributed by atoms with Crippen LogP contribution in [0.15, 0.2) is 33.7 Å². The number of aromatic nitrogens is 3. The molecule has 1 aromatic carbocycles. The van der Waals surface area contributed by atoms with Gasteiger partial charge in [0.1, 0.15) is 0 Å². The molecule has 3 aromatic rings. The topological polar surface area (TPSA) is 118 Å². The molecule has 29 heavy (non-hydrogen) atoms. The molecule has 1 atom stereocenters. The van der Waals surface area contributed by atoms with Gasteiger partial charge in [-0.2, -0.15) is 0 Å². The summed E-state index contributed by atoms with van der Waals surface area (Å²) < 4.78 is 5.35. The zero-order valence-corrected chi connectivity index (χ0v) is 17.3. The molecule has 1 unspecified atom stereocenters. The Kier molecular flexibility index (Phi) is 6.19. The number of benzene rings is 1. The summed E-state index contributed by atoms with van der Waals surface area (Å²) in [6.45, 7) is 5.26. The van der Waals surface area contributed by atoms with E-state index in [0.717, 1.165) is 21.7 Å². The van der Waals surface area contributed by atoms with Crippen LogP contribution in [0.1, 0.15) is 39.9 Å². The maximum Gasteiger partial charge on any atom is 0.295 e. The van der Waals surface area contributed by atoms with Crippen molar-refractivity contribution in [2.45, 2.75) is 30.9 Å². The van der Waals surface area contributed by atoms with Gasteiger partial charge in [-0.05, 0) is 32.0 Å². The molecule has 0 saturated carbocycles. The van der Waals surface area contributed by atoms with Crippen molar-refractivity contribution in [3.8, 4) is 11.3 Å². The van der Waals surface area contributed by atoms with Gasteiger partial charge in [-0.25, -0.2) is 15.0 Å². The van der Waals surface area contributed by atoms with Gasteiger partial charge in [-0.3, -0.25) is 14.9 Å². The molecule has 10 heteroatoms. The molecule has 8 nitrogen and oxygen atoms in total. The molecule has 150 valence electrons. The normalized spacial score (nSPS) is 14.1. The molecule has 2 aromatic heterocycles. The number of aryl methyl sites for hydroxylation is 2. The molecular formula is C19H17ClN4O4S. The minimum absolute atomic E-state index is 0.163. The highest BCUT2D eigenvalue weighted by atomic mass is 35.5. The Labute approximate surface area is 175 Å². The van der Waals surface area contributed by atoms with Crippen LogP contribution in [0, 0.1) is 13.8 Å². The number of hydrogen-bond acceptors (Lipinski definition) is 7. The smallest absolute Gasteiger partial charge is 0.295 e. The Morgan fingerprint density at radius 3 is 2.72 bits per heavy atom. The first kappa shape index (κ1) is 20.8. The van der Waals surface area contributed by atoms with E-state index >= 15 is 0 Å². The fourth-order valence-corrected chi connectivity index (χ4v) is 4.19. The van der Waals surface area contributed by atoms with E-state index in [1.807, 2.05) is 18.2 Å². The number of amides is 1. The number of anilines is 1. The summed E-state index contributed by atoms with van der Waals surface area (Å²) in [5.74, 6) is 0.393. The molecule has 1 aliphatic heterocycles. The number of nitrogens with zero attached hydrogens (tertiary/aromatic N) is 3. The number of hydrogen-bond donors (Lipinski definition) is 2. The van der Waals surface area contributed by atoms with Crippen molar-refractivity contribution in [2.24, 2.45) is 0 Å². The van der Waals surface area contributed by atoms with Gasteiger partial charge >= 0.3 is 0 Å². The Bertz CT molecular complexity index is 1090. The SMILES string of the molecule is Cc1nc(C)c(C(=O)Nc2ncc3c(n2)-c2cc(Cl)ccc2SC3C)o1.O=CO. The van der Waals surface area contributed by atoms with Crippen LogP contribution in [-0.4, -0.2) is 32.4 Å².